The summed E-state index contributed by atoms with van der Waals surface area (Å²) in [5.41, 5.74) is 4.67. The molecular weight excluding hydrogens is 322 g/mol. The third kappa shape index (κ3) is 2.69. The molecule has 2 aliphatic carbocycles. The third-order valence-electron chi connectivity index (χ3n) is 5.12. The number of hydrogen-bond donors (Lipinski definition) is 1. The van der Waals surface area contributed by atoms with Gasteiger partial charge in [-0.05, 0) is 37.1 Å². The van der Waals surface area contributed by atoms with Crippen LogP contribution in [0.25, 0.3) is 28.4 Å². The van der Waals surface area contributed by atoms with Crippen LogP contribution >= 0.6 is 0 Å². The summed E-state index contributed by atoms with van der Waals surface area (Å²) in [4.78, 5) is 18.1. The van der Waals surface area contributed by atoms with Gasteiger partial charge in [0.2, 0.25) is 11.6 Å². The fraction of sp³-hybridized carbons (Fsp3) is 0.286. The number of aromatic nitrogens is 4. The van der Waals surface area contributed by atoms with Crippen molar-refractivity contribution in [3.8, 4) is 17.3 Å². The van der Waals surface area contributed by atoms with Gasteiger partial charge in [0.15, 0.2) is 0 Å². The van der Waals surface area contributed by atoms with Crippen molar-refractivity contribution in [2.24, 2.45) is 4.99 Å². The van der Waals surface area contributed by atoms with E-state index in [1.807, 2.05) is 48.5 Å². The number of nitrogens with zero attached hydrogens (tertiary/aromatic N) is 4. The van der Waals surface area contributed by atoms with Gasteiger partial charge in [0, 0.05) is 0 Å². The molecular formula is C21H21N5. The molecule has 0 amide bonds. The van der Waals surface area contributed by atoms with Gasteiger partial charge in [-0.3, -0.25) is 0 Å². The van der Waals surface area contributed by atoms with Crippen LogP contribution < -0.4 is 5.62 Å². The van der Waals surface area contributed by atoms with Crippen LogP contribution in [0.4, 0.5) is 0 Å². The molecule has 5 rings (SSSR count). The quantitative estimate of drug-likeness (QED) is 0.596. The van der Waals surface area contributed by atoms with E-state index in [9.17, 15) is 0 Å². The Balaban J connectivity index is 1.74. The summed E-state index contributed by atoms with van der Waals surface area (Å²) in [7, 11) is 0. The maximum atomic E-state index is 5.01. The van der Waals surface area contributed by atoms with Crippen molar-refractivity contribution in [2.45, 2.75) is 38.1 Å². The SMILES string of the molecule is c1ccc2nc(=NC3CCCCC3)n(-c3nc4ccccc4[nH]3)c-2cc1. The number of H-pyrrole nitrogens is 1. The molecule has 1 fully saturated rings. The Bertz CT molecular complexity index is 1050. The van der Waals surface area contributed by atoms with E-state index in [4.69, 9.17) is 15.0 Å². The lowest BCUT2D eigenvalue weighted by Gasteiger charge is -2.16. The highest BCUT2D eigenvalue weighted by Crippen LogP contribution is 2.23. The van der Waals surface area contributed by atoms with E-state index in [-0.39, 0.29) is 0 Å². The Morgan fingerprint density at radius 2 is 1.69 bits per heavy atom. The van der Waals surface area contributed by atoms with E-state index in [1.54, 1.807) is 0 Å². The van der Waals surface area contributed by atoms with Gasteiger partial charge in [-0.2, -0.15) is 0 Å². The van der Waals surface area contributed by atoms with Crippen LogP contribution in [0, 0.1) is 0 Å². The zero-order valence-electron chi connectivity index (χ0n) is 14.6. The number of rotatable bonds is 2. The second kappa shape index (κ2) is 6.41. The topological polar surface area (TPSA) is 58.9 Å². The second-order valence-electron chi connectivity index (χ2n) is 6.93. The Morgan fingerprint density at radius 1 is 0.885 bits per heavy atom. The van der Waals surface area contributed by atoms with Gasteiger partial charge in [0.1, 0.15) is 0 Å². The molecule has 0 spiro atoms. The smallest absolute Gasteiger partial charge is 0.233 e. The zero-order valence-corrected chi connectivity index (χ0v) is 14.6. The minimum absolute atomic E-state index is 0.359. The molecule has 0 atom stereocenters. The minimum Gasteiger partial charge on any atom is -0.323 e. The van der Waals surface area contributed by atoms with Gasteiger partial charge >= 0.3 is 0 Å². The summed E-state index contributed by atoms with van der Waals surface area (Å²) < 4.78 is 2.06. The average Bonchev–Trinajstić information content (AvgIpc) is 3.16. The first-order valence-corrected chi connectivity index (χ1v) is 9.35. The van der Waals surface area contributed by atoms with Crippen molar-refractivity contribution in [1.29, 1.82) is 0 Å². The van der Waals surface area contributed by atoms with Crippen molar-refractivity contribution in [3.63, 3.8) is 0 Å². The molecule has 26 heavy (non-hydrogen) atoms. The minimum atomic E-state index is 0.359. The molecule has 0 saturated heterocycles. The summed E-state index contributed by atoms with van der Waals surface area (Å²) in [5, 5.41) is 0. The van der Waals surface area contributed by atoms with Gasteiger partial charge in [-0.1, -0.05) is 49.6 Å². The van der Waals surface area contributed by atoms with E-state index < -0.39 is 0 Å². The number of fused-ring (bicyclic) bond motifs is 2. The first-order valence-electron chi connectivity index (χ1n) is 9.35. The number of aromatic amines is 1. The largest absolute Gasteiger partial charge is 0.323 e. The summed E-state index contributed by atoms with van der Waals surface area (Å²) in [6.07, 6.45) is 6.14. The Kier molecular flexibility index (Phi) is 3.77. The van der Waals surface area contributed by atoms with E-state index in [1.165, 1.54) is 19.3 Å². The zero-order chi connectivity index (χ0) is 17.3. The van der Waals surface area contributed by atoms with Gasteiger partial charge in [0.25, 0.3) is 0 Å². The molecule has 1 saturated carbocycles. The molecule has 0 radical (unpaired) electrons. The lowest BCUT2D eigenvalue weighted by molar-refractivity contribution is 0.433. The highest BCUT2D eigenvalue weighted by atomic mass is 15.2. The Morgan fingerprint density at radius 3 is 2.58 bits per heavy atom. The summed E-state index contributed by atoms with van der Waals surface area (Å²) in [5.74, 6) is 0.773. The first-order chi connectivity index (χ1) is 12.9. The lowest BCUT2D eigenvalue weighted by Crippen LogP contribution is -2.23. The molecule has 0 unspecified atom stereocenters. The fourth-order valence-corrected chi connectivity index (χ4v) is 3.79. The van der Waals surface area contributed by atoms with Crippen molar-refractivity contribution >= 4 is 11.0 Å². The highest BCUT2D eigenvalue weighted by Gasteiger charge is 2.18. The average molecular weight is 343 g/mol. The molecule has 0 bridgehead atoms. The lowest BCUT2D eigenvalue weighted by atomic mass is 9.96. The van der Waals surface area contributed by atoms with Gasteiger partial charge in [0.05, 0.1) is 28.5 Å². The van der Waals surface area contributed by atoms with Crippen molar-refractivity contribution < 1.29 is 0 Å². The maximum absolute atomic E-state index is 5.01. The number of para-hydroxylation sites is 2. The highest BCUT2D eigenvalue weighted by molar-refractivity contribution is 5.76. The summed E-state index contributed by atoms with van der Waals surface area (Å²) in [6.45, 7) is 0. The van der Waals surface area contributed by atoms with Crippen molar-refractivity contribution in [3.05, 3.63) is 60.2 Å². The molecule has 5 heteroatoms. The summed E-state index contributed by atoms with van der Waals surface area (Å²) in [6, 6.07) is 18.6. The van der Waals surface area contributed by atoms with Crippen molar-refractivity contribution in [2.75, 3.05) is 0 Å². The van der Waals surface area contributed by atoms with E-state index in [0.29, 0.717) is 6.04 Å². The maximum Gasteiger partial charge on any atom is 0.233 e. The molecule has 1 aromatic heterocycles. The van der Waals surface area contributed by atoms with Crippen LogP contribution in [0.15, 0.2) is 59.6 Å². The van der Waals surface area contributed by atoms with E-state index >= 15 is 0 Å². The van der Waals surface area contributed by atoms with Crippen molar-refractivity contribution in [1.82, 2.24) is 19.5 Å². The molecule has 3 aliphatic rings. The second-order valence-corrected chi connectivity index (χ2v) is 6.93. The third-order valence-corrected chi connectivity index (χ3v) is 5.12. The summed E-state index contributed by atoms with van der Waals surface area (Å²) >= 11 is 0. The molecule has 1 N–H and O–H groups in total. The fourth-order valence-electron chi connectivity index (χ4n) is 3.79. The predicted molar refractivity (Wildman–Crippen MR) is 102 cm³/mol. The van der Waals surface area contributed by atoms with E-state index in [0.717, 1.165) is 46.8 Å². The normalized spacial score (nSPS) is 16.5. The first kappa shape index (κ1) is 15.3. The van der Waals surface area contributed by atoms with Gasteiger partial charge in [-0.15, -0.1) is 0 Å². The number of imidazole rings is 2. The number of nitrogens with one attached hydrogen (secondary N) is 1. The van der Waals surface area contributed by atoms with Crippen LogP contribution in [-0.4, -0.2) is 25.6 Å². The molecule has 2 heterocycles. The number of benzene rings is 1. The number of hydrogen-bond acceptors (Lipinski definition) is 3. The molecule has 130 valence electrons. The van der Waals surface area contributed by atoms with Gasteiger partial charge < -0.3 is 4.98 Å². The van der Waals surface area contributed by atoms with Crippen LogP contribution in [0.5, 0.6) is 0 Å². The molecule has 1 aromatic carbocycles. The predicted octanol–water partition coefficient (Wildman–Crippen LogP) is 4.09. The molecule has 2 aromatic rings. The van der Waals surface area contributed by atoms with E-state index in [2.05, 4.69) is 15.6 Å². The Hall–Kier alpha value is -2.95. The molecule has 1 aliphatic heterocycles. The standard InChI is InChI=1S/C21H21N5/c1-3-9-15(10-4-1)22-20-25-18-13-5-2-6-14-19(18)26(20)21-23-16-11-7-8-12-17(16)24-21/h2,5-8,11-15H,1,3-4,9-10H2,(H,23,24). The van der Waals surface area contributed by atoms with Gasteiger partial charge in [-0.25, -0.2) is 19.5 Å². The molecule has 5 nitrogen and oxygen atoms in total. The van der Waals surface area contributed by atoms with Crippen LogP contribution in [0.2, 0.25) is 0 Å². The van der Waals surface area contributed by atoms with Crippen LogP contribution in [0.1, 0.15) is 32.1 Å². The van der Waals surface area contributed by atoms with Crippen LogP contribution in [0.3, 0.4) is 0 Å². The van der Waals surface area contributed by atoms with Crippen LogP contribution in [-0.2, 0) is 0 Å². The Labute approximate surface area is 151 Å². The monoisotopic (exact) mass is 343 g/mol.